The summed E-state index contributed by atoms with van der Waals surface area (Å²) in [6.45, 7) is 4.99. The average Bonchev–Trinajstić information content (AvgIpc) is 2.32. The molecular formula is C12H19ClN4O. The van der Waals surface area contributed by atoms with Crippen molar-refractivity contribution in [1.29, 1.82) is 0 Å². The van der Waals surface area contributed by atoms with Crippen LogP contribution >= 0.6 is 11.6 Å². The first-order valence-corrected chi connectivity index (χ1v) is 6.87. The fraction of sp³-hybridized carbons (Fsp3) is 0.750. The average molecular weight is 271 g/mol. The smallest absolute Gasteiger partial charge is 0.322 e. The van der Waals surface area contributed by atoms with Crippen molar-refractivity contribution in [3.63, 3.8) is 0 Å². The van der Waals surface area contributed by atoms with Gasteiger partial charge in [-0.25, -0.2) is 0 Å². The lowest BCUT2D eigenvalue weighted by Crippen LogP contribution is -2.24. The molecule has 0 radical (unpaired) electrons. The quantitative estimate of drug-likeness (QED) is 0.912. The van der Waals surface area contributed by atoms with Crippen LogP contribution in [0.3, 0.4) is 0 Å². The van der Waals surface area contributed by atoms with Crippen LogP contribution in [0.5, 0.6) is 6.01 Å². The molecule has 0 aliphatic heterocycles. The van der Waals surface area contributed by atoms with Gasteiger partial charge < -0.3 is 10.1 Å². The van der Waals surface area contributed by atoms with Crippen LogP contribution in [0.25, 0.3) is 0 Å². The Balaban J connectivity index is 2.00. The van der Waals surface area contributed by atoms with Crippen LogP contribution in [0.4, 0.5) is 5.95 Å². The Morgan fingerprint density at radius 3 is 2.61 bits per heavy atom. The molecule has 0 saturated heterocycles. The zero-order chi connectivity index (χ0) is 13.0. The molecule has 1 fully saturated rings. The highest BCUT2D eigenvalue weighted by molar-refractivity contribution is 6.28. The van der Waals surface area contributed by atoms with Gasteiger partial charge in [0, 0.05) is 6.54 Å². The van der Waals surface area contributed by atoms with Gasteiger partial charge in [0.05, 0.1) is 0 Å². The summed E-state index contributed by atoms with van der Waals surface area (Å²) in [7, 11) is 0. The van der Waals surface area contributed by atoms with E-state index >= 15 is 0 Å². The fourth-order valence-electron chi connectivity index (χ4n) is 2.12. The molecule has 2 rings (SSSR count). The summed E-state index contributed by atoms with van der Waals surface area (Å²) in [5.41, 5.74) is 0. The Labute approximate surface area is 112 Å². The van der Waals surface area contributed by atoms with E-state index < -0.39 is 0 Å². The largest absolute Gasteiger partial charge is 0.460 e. The Morgan fingerprint density at radius 1 is 1.22 bits per heavy atom. The van der Waals surface area contributed by atoms with Crippen molar-refractivity contribution in [1.82, 2.24) is 15.0 Å². The monoisotopic (exact) mass is 270 g/mol. The highest BCUT2D eigenvalue weighted by atomic mass is 35.5. The second-order valence-electron chi connectivity index (χ2n) is 4.74. The molecule has 1 aromatic heterocycles. The molecule has 100 valence electrons. The van der Waals surface area contributed by atoms with E-state index in [1.165, 1.54) is 12.8 Å². The number of nitrogens with one attached hydrogen (secondary N) is 1. The molecule has 0 bridgehead atoms. The second kappa shape index (κ2) is 6.18. The highest BCUT2D eigenvalue weighted by Gasteiger charge is 2.20. The van der Waals surface area contributed by atoms with Gasteiger partial charge in [-0.2, -0.15) is 15.0 Å². The lowest BCUT2D eigenvalue weighted by Gasteiger charge is -2.25. The molecule has 1 aliphatic carbocycles. The number of rotatable bonds is 4. The van der Waals surface area contributed by atoms with Gasteiger partial charge in [-0.05, 0) is 50.1 Å². The number of hydrogen-bond donors (Lipinski definition) is 1. The molecular weight excluding hydrogens is 252 g/mol. The molecule has 0 amide bonds. The SMILES string of the molecule is CCNc1nc(Cl)nc(OC2CCC(C)CC2)n1. The van der Waals surface area contributed by atoms with Crippen molar-refractivity contribution in [2.75, 3.05) is 11.9 Å². The number of halogens is 1. The third-order valence-corrected chi connectivity index (χ3v) is 3.33. The molecule has 1 aliphatic rings. The molecule has 0 spiro atoms. The van der Waals surface area contributed by atoms with Crippen LogP contribution in [0, 0.1) is 5.92 Å². The van der Waals surface area contributed by atoms with Crippen LogP contribution in [-0.2, 0) is 0 Å². The maximum Gasteiger partial charge on any atom is 0.322 e. The third-order valence-electron chi connectivity index (χ3n) is 3.16. The van der Waals surface area contributed by atoms with Gasteiger partial charge in [-0.1, -0.05) is 6.92 Å². The Kier molecular flexibility index (Phi) is 4.58. The lowest BCUT2D eigenvalue weighted by molar-refractivity contribution is 0.124. The van der Waals surface area contributed by atoms with Gasteiger partial charge in [0.2, 0.25) is 11.2 Å². The predicted molar refractivity (Wildman–Crippen MR) is 71.0 cm³/mol. The Morgan fingerprint density at radius 2 is 1.94 bits per heavy atom. The van der Waals surface area contributed by atoms with E-state index in [-0.39, 0.29) is 11.4 Å². The van der Waals surface area contributed by atoms with Crippen molar-refractivity contribution < 1.29 is 4.74 Å². The normalized spacial score (nSPS) is 23.7. The minimum absolute atomic E-state index is 0.167. The summed E-state index contributed by atoms with van der Waals surface area (Å²) >= 11 is 5.84. The Hall–Kier alpha value is -1.10. The van der Waals surface area contributed by atoms with E-state index in [4.69, 9.17) is 16.3 Å². The van der Waals surface area contributed by atoms with E-state index in [1.807, 2.05) is 6.92 Å². The molecule has 1 heterocycles. The van der Waals surface area contributed by atoms with Crippen LogP contribution < -0.4 is 10.1 Å². The topological polar surface area (TPSA) is 59.9 Å². The van der Waals surface area contributed by atoms with E-state index in [9.17, 15) is 0 Å². The first-order chi connectivity index (χ1) is 8.67. The molecule has 0 atom stereocenters. The van der Waals surface area contributed by atoms with Crippen molar-refractivity contribution in [2.24, 2.45) is 5.92 Å². The van der Waals surface area contributed by atoms with Crippen molar-refractivity contribution in [2.45, 2.75) is 45.6 Å². The summed E-state index contributed by atoms with van der Waals surface area (Å²) < 4.78 is 5.78. The molecule has 6 heteroatoms. The van der Waals surface area contributed by atoms with Crippen molar-refractivity contribution in [3.8, 4) is 6.01 Å². The van der Waals surface area contributed by atoms with Crippen molar-refractivity contribution >= 4 is 17.5 Å². The van der Waals surface area contributed by atoms with Gasteiger partial charge >= 0.3 is 6.01 Å². The molecule has 1 aromatic rings. The van der Waals surface area contributed by atoms with Gasteiger partial charge in [0.15, 0.2) is 0 Å². The first-order valence-electron chi connectivity index (χ1n) is 6.49. The minimum atomic E-state index is 0.167. The maximum atomic E-state index is 5.84. The van der Waals surface area contributed by atoms with Gasteiger partial charge in [-0.15, -0.1) is 0 Å². The summed E-state index contributed by atoms with van der Waals surface area (Å²) in [6, 6.07) is 0.325. The summed E-state index contributed by atoms with van der Waals surface area (Å²) in [4.78, 5) is 12.2. The molecule has 0 unspecified atom stereocenters. The number of nitrogens with zero attached hydrogens (tertiary/aromatic N) is 3. The predicted octanol–water partition coefficient (Wildman–Crippen LogP) is 2.91. The van der Waals surface area contributed by atoms with Gasteiger partial charge in [-0.3, -0.25) is 0 Å². The maximum absolute atomic E-state index is 5.84. The molecule has 1 saturated carbocycles. The van der Waals surface area contributed by atoms with Crippen LogP contribution in [0.1, 0.15) is 39.5 Å². The van der Waals surface area contributed by atoms with E-state index in [0.29, 0.717) is 12.0 Å². The zero-order valence-corrected chi connectivity index (χ0v) is 11.6. The zero-order valence-electron chi connectivity index (χ0n) is 10.8. The summed E-state index contributed by atoms with van der Waals surface area (Å²) in [5, 5.41) is 3.17. The number of anilines is 1. The fourth-order valence-corrected chi connectivity index (χ4v) is 2.27. The van der Waals surface area contributed by atoms with E-state index in [1.54, 1.807) is 0 Å². The molecule has 18 heavy (non-hydrogen) atoms. The standard InChI is InChI=1S/C12H19ClN4O/c1-3-14-11-15-10(13)16-12(17-11)18-9-6-4-8(2)5-7-9/h8-9H,3-7H2,1-2H3,(H,14,15,16,17). The Bertz CT molecular complexity index is 394. The molecule has 0 aromatic carbocycles. The number of hydrogen-bond acceptors (Lipinski definition) is 5. The van der Waals surface area contributed by atoms with Crippen LogP contribution in [-0.4, -0.2) is 27.6 Å². The molecule has 5 nitrogen and oxygen atoms in total. The summed E-state index contributed by atoms with van der Waals surface area (Å²) in [6.07, 6.45) is 4.71. The van der Waals surface area contributed by atoms with Gasteiger partial charge in [0.1, 0.15) is 6.10 Å². The van der Waals surface area contributed by atoms with Crippen molar-refractivity contribution in [3.05, 3.63) is 5.28 Å². The van der Waals surface area contributed by atoms with Gasteiger partial charge in [0.25, 0.3) is 0 Å². The number of ether oxygens (including phenoxy) is 1. The van der Waals surface area contributed by atoms with Crippen LogP contribution in [0.15, 0.2) is 0 Å². The molecule has 1 N–H and O–H groups in total. The highest BCUT2D eigenvalue weighted by Crippen LogP contribution is 2.26. The second-order valence-corrected chi connectivity index (χ2v) is 5.08. The van der Waals surface area contributed by atoms with E-state index in [2.05, 4.69) is 27.2 Å². The first kappa shape index (κ1) is 13.3. The minimum Gasteiger partial charge on any atom is -0.460 e. The summed E-state index contributed by atoms with van der Waals surface area (Å²) in [5.74, 6) is 1.26. The number of aromatic nitrogens is 3. The third kappa shape index (κ3) is 3.70. The van der Waals surface area contributed by atoms with Crippen LogP contribution in [0.2, 0.25) is 5.28 Å². The van der Waals surface area contributed by atoms with E-state index in [0.717, 1.165) is 25.3 Å². The lowest BCUT2D eigenvalue weighted by atomic mass is 9.89.